The smallest absolute Gasteiger partial charge is 0.254 e. The van der Waals surface area contributed by atoms with Crippen LogP contribution in [-0.4, -0.2) is 50.8 Å². The fourth-order valence-electron chi connectivity index (χ4n) is 2.85. The van der Waals surface area contributed by atoms with E-state index in [0.29, 0.717) is 12.1 Å². The highest BCUT2D eigenvalue weighted by molar-refractivity contribution is 7.89. The molecule has 2 aromatic rings. The Morgan fingerprint density at radius 1 is 1.11 bits per heavy atom. The molecular formula is C20H24N2O4S. The summed E-state index contributed by atoms with van der Waals surface area (Å²) in [5.74, 6) is 0.619. The molecule has 0 heterocycles. The van der Waals surface area contributed by atoms with Crippen molar-refractivity contribution in [2.45, 2.75) is 30.3 Å². The summed E-state index contributed by atoms with van der Waals surface area (Å²) in [7, 11) is 0.986. The van der Waals surface area contributed by atoms with E-state index in [2.05, 4.69) is 0 Å². The summed E-state index contributed by atoms with van der Waals surface area (Å²) in [5, 5.41) is 0. The molecule has 1 amide bonds. The molecule has 144 valence electrons. The normalized spacial score (nSPS) is 14.2. The second-order valence-electron chi connectivity index (χ2n) is 6.83. The number of carbonyl (C=O) groups excluding carboxylic acids is 1. The maximum absolute atomic E-state index is 13.1. The fourth-order valence-corrected chi connectivity index (χ4v) is 3.79. The molecule has 27 heavy (non-hydrogen) atoms. The van der Waals surface area contributed by atoms with Gasteiger partial charge in [-0.05, 0) is 48.7 Å². The molecule has 0 unspecified atom stereocenters. The summed E-state index contributed by atoms with van der Waals surface area (Å²) in [4.78, 5) is 15.0. The average Bonchev–Trinajstić information content (AvgIpc) is 3.51. The number of sulfonamides is 1. The van der Waals surface area contributed by atoms with Gasteiger partial charge in [0.2, 0.25) is 10.0 Å². The van der Waals surface area contributed by atoms with Gasteiger partial charge in [-0.15, -0.1) is 0 Å². The third kappa shape index (κ3) is 4.31. The first-order chi connectivity index (χ1) is 12.8. The topological polar surface area (TPSA) is 66.9 Å². The standard InChI is InChI=1S/C20H24N2O4S/c1-21(2)27(24,25)19-6-4-5-16(13-19)20(23)22(17-9-10-17)14-15-7-11-18(26-3)12-8-15/h4-8,11-13,17H,9-10,14H2,1-3H3. The third-order valence-corrected chi connectivity index (χ3v) is 6.43. The zero-order valence-electron chi connectivity index (χ0n) is 15.8. The Morgan fingerprint density at radius 2 is 1.78 bits per heavy atom. The van der Waals surface area contributed by atoms with Crippen LogP contribution in [0.25, 0.3) is 0 Å². The summed E-state index contributed by atoms with van der Waals surface area (Å²) in [6.45, 7) is 0.484. The van der Waals surface area contributed by atoms with E-state index >= 15 is 0 Å². The van der Waals surface area contributed by atoms with Crippen LogP contribution in [-0.2, 0) is 16.6 Å². The summed E-state index contributed by atoms with van der Waals surface area (Å²) >= 11 is 0. The monoisotopic (exact) mass is 388 g/mol. The fraction of sp³-hybridized carbons (Fsp3) is 0.350. The van der Waals surface area contributed by atoms with Gasteiger partial charge in [0.1, 0.15) is 5.75 Å². The molecule has 3 rings (SSSR count). The van der Waals surface area contributed by atoms with E-state index in [0.717, 1.165) is 28.5 Å². The van der Waals surface area contributed by atoms with E-state index in [9.17, 15) is 13.2 Å². The Kier molecular flexibility index (Phi) is 5.53. The number of hydrogen-bond donors (Lipinski definition) is 0. The van der Waals surface area contributed by atoms with Crippen LogP contribution in [0.2, 0.25) is 0 Å². The molecule has 1 fully saturated rings. The molecule has 0 aromatic heterocycles. The summed E-state index contributed by atoms with van der Waals surface area (Å²) < 4.78 is 31.0. The number of benzene rings is 2. The van der Waals surface area contributed by atoms with E-state index in [1.165, 1.54) is 26.2 Å². The number of methoxy groups -OCH3 is 1. The number of amides is 1. The molecule has 7 heteroatoms. The molecule has 0 atom stereocenters. The SMILES string of the molecule is COc1ccc(CN(C(=O)c2cccc(S(=O)(=O)N(C)C)c2)C2CC2)cc1. The van der Waals surface area contributed by atoms with Gasteiger partial charge in [0.05, 0.1) is 12.0 Å². The van der Waals surface area contributed by atoms with Crippen molar-refractivity contribution in [3.8, 4) is 5.75 Å². The van der Waals surface area contributed by atoms with Gasteiger partial charge in [-0.2, -0.15) is 0 Å². The van der Waals surface area contributed by atoms with Crippen molar-refractivity contribution in [3.63, 3.8) is 0 Å². The van der Waals surface area contributed by atoms with E-state index in [4.69, 9.17) is 4.74 Å². The lowest BCUT2D eigenvalue weighted by Gasteiger charge is -2.23. The highest BCUT2D eigenvalue weighted by Gasteiger charge is 2.33. The highest BCUT2D eigenvalue weighted by atomic mass is 32.2. The largest absolute Gasteiger partial charge is 0.497 e. The Morgan fingerprint density at radius 3 is 2.33 bits per heavy atom. The van der Waals surface area contributed by atoms with Crippen molar-refractivity contribution in [1.29, 1.82) is 0 Å². The first kappa shape index (κ1) is 19.4. The van der Waals surface area contributed by atoms with Crippen molar-refractivity contribution in [2.75, 3.05) is 21.2 Å². The van der Waals surface area contributed by atoms with E-state index in [1.54, 1.807) is 19.2 Å². The van der Waals surface area contributed by atoms with Gasteiger partial charge in [-0.25, -0.2) is 12.7 Å². The van der Waals surface area contributed by atoms with Crippen LogP contribution in [0.3, 0.4) is 0 Å². The quantitative estimate of drug-likeness (QED) is 0.731. The molecule has 6 nitrogen and oxygen atoms in total. The van der Waals surface area contributed by atoms with E-state index < -0.39 is 10.0 Å². The van der Waals surface area contributed by atoms with Crippen LogP contribution in [0.15, 0.2) is 53.4 Å². The molecule has 0 bridgehead atoms. The number of hydrogen-bond acceptors (Lipinski definition) is 4. The summed E-state index contributed by atoms with van der Waals surface area (Å²) in [5.41, 5.74) is 1.39. The zero-order chi connectivity index (χ0) is 19.6. The third-order valence-electron chi connectivity index (χ3n) is 4.62. The van der Waals surface area contributed by atoms with Crippen LogP contribution >= 0.6 is 0 Å². The van der Waals surface area contributed by atoms with Gasteiger partial charge < -0.3 is 9.64 Å². The summed E-state index contributed by atoms with van der Waals surface area (Å²) in [6.07, 6.45) is 1.94. The minimum atomic E-state index is -3.58. The van der Waals surface area contributed by atoms with Crippen LogP contribution < -0.4 is 4.74 Å². The Labute approximate surface area is 160 Å². The number of ether oxygens (including phenoxy) is 1. The van der Waals surface area contributed by atoms with Crippen LogP contribution in [0.1, 0.15) is 28.8 Å². The minimum absolute atomic E-state index is 0.124. The molecule has 1 aliphatic rings. The minimum Gasteiger partial charge on any atom is -0.497 e. The second kappa shape index (κ2) is 7.70. The molecule has 1 aliphatic carbocycles. The van der Waals surface area contributed by atoms with Crippen molar-refractivity contribution in [2.24, 2.45) is 0 Å². The van der Waals surface area contributed by atoms with Gasteiger partial charge in [-0.1, -0.05) is 18.2 Å². The lowest BCUT2D eigenvalue weighted by atomic mass is 10.1. The number of rotatable bonds is 7. The van der Waals surface area contributed by atoms with E-state index in [-0.39, 0.29) is 16.8 Å². The van der Waals surface area contributed by atoms with Gasteiger partial charge >= 0.3 is 0 Å². The van der Waals surface area contributed by atoms with Gasteiger partial charge in [-0.3, -0.25) is 4.79 Å². The van der Waals surface area contributed by atoms with Crippen molar-refractivity contribution in [3.05, 3.63) is 59.7 Å². The van der Waals surface area contributed by atoms with Gasteiger partial charge in [0, 0.05) is 32.2 Å². The van der Waals surface area contributed by atoms with Gasteiger partial charge in [0.15, 0.2) is 0 Å². The first-order valence-corrected chi connectivity index (χ1v) is 10.2. The van der Waals surface area contributed by atoms with Crippen molar-refractivity contribution >= 4 is 15.9 Å². The predicted octanol–water partition coefficient (Wildman–Crippen LogP) is 2.75. The molecule has 0 aliphatic heterocycles. The zero-order valence-corrected chi connectivity index (χ0v) is 16.6. The number of carbonyl (C=O) groups is 1. The Balaban J connectivity index is 1.85. The maximum Gasteiger partial charge on any atom is 0.254 e. The Bertz CT molecular complexity index is 919. The predicted molar refractivity (Wildman–Crippen MR) is 103 cm³/mol. The molecule has 0 saturated heterocycles. The first-order valence-electron chi connectivity index (χ1n) is 8.79. The lowest BCUT2D eigenvalue weighted by molar-refractivity contribution is 0.0729. The van der Waals surface area contributed by atoms with Crippen molar-refractivity contribution < 1.29 is 17.9 Å². The van der Waals surface area contributed by atoms with Crippen molar-refractivity contribution in [1.82, 2.24) is 9.21 Å². The molecule has 0 spiro atoms. The average molecular weight is 388 g/mol. The molecule has 0 radical (unpaired) electrons. The molecule has 1 saturated carbocycles. The number of nitrogens with zero attached hydrogens (tertiary/aromatic N) is 2. The second-order valence-corrected chi connectivity index (χ2v) is 8.98. The molecular weight excluding hydrogens is 364 g/mol. The Hall–Kier alpha value is -2.38. The van der Waals surface area contributed by atoms with Crippen LogP contribution in [0.4, 0.5) is 0 Å². The van der Waals surface area contributed by atoms with E-state index in [1.807, 2.05) is 29.2 Å². The van der Waals surface area contributed by atoms with Crippen LogP contribution in [0.5, 0.6) is 5.75 Å². The molecule has 0 N–H and O–H groups in total. The summed E-state index contributed by atoms with van der Waals surface area (Å²) in [6, 6.07) is 14.1. The maximum atomic E-state index is 13.1. The van der Waals surface area contributed by atoms with Crippen LogP contribution in [0, 0.1) is 0 Å². The molecule has 2 aromatic carbocycles. The lowest BCUT2D eigenvalue weighted by Crippen LogP contribution is -2.32. The van der Waals surface area contributed by atoms with Gasteiger partial charge in [0.25, 0.3) is 5.91 Å². The highest BCUT2D eigenvalue weighted by Crippen LogP contribution is 2.30.